The molecule has 3 aromatic carbocycles. The molecule has 6 nitrogen and oxygen atoms in total. The lowest BCUT2D eigenvalue weighted by Crippen LogP contribution is -2.13. The molecule has 0 atom stereocenters. The quantitative estimate of drug-likeness (QED) is 0.236. The van der Waals surface area contributed by atoms with Gasteiger partial charge in [0.1, 0.15) is 11.6 Å². The number of ether oxygens (including phenoxy) is 2. The van der Waals surface area contributed by atoms with Gasteiger partial charge in [0.05, 0.1) is 25.1 Å². The van der Waals surface area contributed by atoms with E-state index in [9.17, 15) is 9.18 Å². The Balaban J connectivity index is 1.63. The maximum absolute atomic E-state index is 13.6. The van der Waals surface area contributed by atoms with Gasteiger partial charge in [0.15, 0.2) is 5.16 Å². The molecule has 0 aliphatic carbocycles. The Morgan fingerprint density at radius 2 is 1.81 bits per heavy atom. The molecule has 1 N–H and O–H groups in total. The smallest absolute Gasteiger partial charge is 0.224 e. The van der Waals surface area contributed by atoms with Gasteiger partial charge in [0.25, 0.3) is 0 Å². The van der Waals surface area contributed by atoms with Crippen LogP contribution in [0, 0.1) is 5.82 Å². The number of thioether (sulfide) groups is 1. The average Bonchev–Trinajstić information content (AvgIpc) is 3.30. The summed E-state index contributed by atoms with van der Waals surface area (Å²) < 4.78 is 26.5. The van der Waals surface area contributed by atoms with Crippen LogP contribution >= 0.6 is 11.8 Å². The number of imidazole rings is 1. The van der Waals surface area contributed by atoms with E-state index < -0.39 is 0 Å². The van der Waals surface area contributed by atoms with E-state index in [1.54, 1.807) is 26.4 Å². The highest BCUT2D eigenvalue weighted by Gasteiger charge is 2.20. The fourth-order valence-electron chi connectivity index (χ4n) is 4.21. The fraction of sp³-hybridized carbons (Fsp3) is 0.241. The molecule has 0 saturated heterocycles. The predicted octanol–water partition coefficient (Wildman–Crippen LogP) is 6.30. The van der Waals surface area contributed by atoms with Crippen LogP contribution in [0.5, 0.6) is 5.75 Å². The molecular formula is C29H30FN3O3S. The number of aromatic nitrogens is 2. The van der Waals surface area contributed by atoms with Crippen LogP contribution in [0.3, 0.4) is 0 Å². The lowest BCUT2D eigenvalue weighted by atomic mass is 10.0. The Labute approximate surface area is 220 Å². The molecule has 0 aliphatic rings. The van der Waals surface area contributed by atoms with Crippen molar-refractivity contribution < 1.29 is 18.7 Å². The van der Waals surface area contributed by atoms with Crippen LogP contribution in [0.1, 0.15) is 12.0 Å². The highest BCUT2D eigenvalue weighted by Crippen LogP contribution is 2.36. The third kappa shape index (κ3) is 6.39. The molecule has 0 radical (unpaired) electrons. The normalized spacial score (nSPS) is 10.9. The van der Waals surface area contributed by atoms with Crippen LogP contribution in [-0.2, 0) is 22.5 Å². The first-order valence-electron chi connectivity index (χ1n) is 12.0. The van der Waals surface area contributed by atoms with Crippen molar-refractivity contribution in [1.82, 2.24) is 9.55 Å². The van der Waals surface area contributed by atoms with Crippen molar-refractivity contribution in [2.24, 2.45) is 0 Å². The van der Waals surface area contributed by atoms with Crippen molar-refractivity contribution in [2.75, 3.05) is 32.4 Å². The number of amides is 1. The first-order valence-corrected chi connectivity index (χ1v) is 13.2. The van der Waals surface area contributed by atoms with E-state index in [0.717, 1.165) is 39.0 Å². The summed E-state index contributed by atoms with van der Waals surface area (Å²) in [6.45, 7) is 1.12. The van der Waals surface area contributed by atoms with Crippen molar-refractivity contribution in [3.8, 4) is 28.3 Å². The standard InChI is InChI=1S/C29H30FN3O3S/c1-35-18-17-33-28(27(32-29(33)37-3)21-11-14-23(30)15-12-21)22-8-6-9-24(19-22)31-26(34)16-13-20-7-4-5-10-25(20)36-2/h4-12,14-15,19H,13,16-18H2,1-3H3,(H,31,34). The summed E-state index contributed by atoms with van der Waals surface area (Å²) in [5, 5.41) is 3.85. The number of methoxy groups -OCH3 is 2. The molecule has 8 heteroatoms. The second kappa shape index (κ2) is 12.6. The van der Waals surface area contributed by atoms with E-state index >= 15 is 0 Å². The second-order valence-electron chi connectivity index (χ2n) is 8.39. The fourth-order valence-corrected chi connectivity index (χ4v) is 4.79. The van der Waals surface area contributed by atoms with Crippen LogP contribution in [-0.4, -0.2) is 42.5 Å². The Hall–Kier alpha value is -3.62. The summed E-state index contributed by atoms with van der Waals surface area (Å²) >= 11 is 1.54. The Morgan fingerprint density at radius 1 is 1.03 bits per heavy atom. The Bertz CT molecular complexity index is 1360. The molecule has 0 bridgehead atoms. The number of rotatable bonds is 11. The monoisotopic (exact) mass is 519 g/mol. The number of para-hydroxylation sites is 1. The Morgan fingerprint density at radius 3 is 2.54 bits per heavy atom. The summed E-state index contributed by atoms with van der Waals surface area (Å²) in [7, 11) is 3.29. The first-order chi connectivity index (χ1) is 18.0. The molecule has 1 aromatic heterocycles. The van der Waals surface area contributed by atoms with Gasteiger partial charge in [0.2, 0.25) is 5.91 Å². The van der Waals surface area contributed by atoms with E-state index in [1.807, 2.05) is 54.8 Å². The molecule has 4 aromatic rings. The summed E-state index contributed by atoms with van der Waals surface area (Å²) in [5.74, 6) is 0.395. The van der Waals surface area contributed by atoms with Crippen LogP contribution in [0.4, 0.5) is 10.1 Å². The van der Waals surface area contributed by atoms with Gasteiger partial charge in [-0.2, -0.15) is 0 Å². The van der Waals surface area contributed by atoms with E-state index in [2.05, 4.69) is 9.88 Å². The minimum absolute atomic E-state index is 0.0838. The molecule has 0 spiro atoms. The van der Waals surface area contributed by atoms with Crippen LogP contribution < -0.4 is 10.1 Å². The third-order valence-corrected chi connectivity index (χ3v) is 6.66. The number of hydrogen-bond acceptors (Lipinski definition) is 5. The van der Waals surface area contributed by atoms with Gasteiger partial charge in [-0.05, 0) is 60.7 Å². The van der Waals surface area contributed by atoms with Crippen LogP contribution in [0.2, 0.25) is 0 Å². The van der Waals surface area contributed by atoms with Gasteiger partial charge in [-0.3, -0.25) is 4.79 Å². The number of hydrogen-bond donors (Lipinski definition) is 1. The van der Waals surface area contributed by atoms with E-state index in [4.69, 9.17) is 14.5 Å². The zero-order chi connectivity index (χ0) is 26.2. The van der Waals surface area contributed by atoms with Crippen molar-refractivity contribution in [3.05, 3.63) is 84.2 Å². The number of nitrogens with zero attached hydrogens (tertiary/aromatic N) is 2. The average molecular weight is 520 g/mol. The van der Waals surface area contributed by atoms with Crippen molar-refractivity contribution in [2.45, 2.75) is 24.5 Å². The lowest BCUT2D eigenvalue weighted by Gasteiger charge is -2.14. The molecule has 0 aliphatic heterocycles. The van der Waals surface area contributed by atoms with Gasteiger partial charge in [-0.15, -0.1) is 0 Å². The number of carbonyl (C=O) groups is 1. The summed E-state index contributed by atoms with van der Waals surface area (Å²) in [4.78, 5) is 17.7. The maximum Gasteiger partial charge on any atom is 0.224 e. The first kappa shape index (κ1) is 26.4. The number of benzene rings is 3. The molecule has 4 rings (SSSR count). The summed E-state index contributed by atoms with van der Waals surface area (Å²) in [6, 6.07) is 21.8. The van der Waals surface area contributed by atoms with Crippen LogP contribution in [0.25, 0.3) is 22.5 Å². The molecule has 0 fully saturated rings. The van der Waals surface area contributed by atoms with Gasteiger partial charge < -0.3 is 19.4 Å². The zero-order valence-corrected chi connectivity index (χ0v) is 22.0. The number of nitrogens with one attached hydrogen (secondary N) is 1. The SMILES string of the molecule is COCCn1c(SC)nc(-c2ccc(F)cc2)c1-c1cccc(NC(=O)CCc2ccccc2OC)c1. The van der Waals surface area contributed by atoms with Gasteiger partial charge in [-0.1, -0.05) is 42.1 Å². The van der Waals surface area contributed by atoms with Crippen LogP contribution in [0.15, 0.2) is 78.0 Å². The van der Waals surface area contributed by atoms with Crippen molar-refractivity contribution in [3.63, 3.8) is 0 Å². The minimum atomic E-state index is -0.299. The number of carbonyl (C=O) groups excluding carboxylic acids is 1. The topological polar surface area (TPSA) is 65.4 Å². The number of aryl methyl sites for hydroxylation is 1. The highest BCUT2D eigenvalue weighted by molar-refractivity contribution is 7.98. The molecule has 0 saturated carbocycles. The molecule has 0 unspecified atom stereocenters. The predicted molar refractivity (Wildman–Crippen MR) is 147 cm³/mol. The second-order valence-corrected chi connectivity index (χ2v) is 9.16. The highest BCUT2D eigenvalue weighted by atomic mass is 32.2. The van der Waals surface area contributed by atoms with Gasteiger partial charge in [0, 0.05) is 36.9 Å². The van der Waals surface area contributed by atoms with E-state index in [1.165, 1.54) is 23.9 Å². The molecule has 1 heterocycles. The van der Waals surface area contributed by atoms with Crippen molar-refractivity contribution >= 4 is 23.4 Å². The Kier molecular flexibility index (Phi) is 8.98. The number of halogens is 1. The molecule has 192 valence electrons. The third-order valence-electron chi connectivity index (χ3n) is 5.99. The van der Waals surface area contributed by atoms with Gasteiger partial charge >= 0.3 is 0 Å². The zero-order valence-electron chi connectivity index (χ0n) is 21.2. The molecule has 37 heavy (non-hydrogen) atoms. The summed E-state index contributed by atoms with van der Waals surface area (Å²) in [6.07, 6.45) is 2.88. The number of anilines is 1. The maximum atomic E-state index is 13.6. The van der Waals surface area contributed by atoms with Crippen molar-refractivity contribution in [1.29, 1.82) is 0 Å². The molecule has 1 amide bonds. The molecular weight excluding hydrogens is 489 g/mol. The summed E-state index contributed by atoms with van der Waals surface area (Å²) in [5.41, 5.74) is 5.03. The minimum Gasteiger partial charge on any atom is -0.496 e. The van der Waals surface area contributed by atoms with E-state index in [0.29, 0.717) is 31.7 Å². The lowest BCUT2D eigenvalue weighted by molar-refractivity contribution is -0.116. The van der Waals surface area contributed by atoms with Gasteiger partial charge in [-0.25, -0.2) is 9.37 Å². The largest absolute Gasteiger partial charge is 0.496 e. The van der Waals surface area contributed by atoms with E-state index in [-0.39, 0.29) is 11.7 Å².